The van der Waals surface area contributed by atoms with Gasteiger partial charge in [-0.1, -0.05) is 6.58 Å². The molecule has 3 N–H and O–H groups in total. The molecule has 1 aliphatic rings. The summed E-state index contributed by atoms with van der Waals surface area (Å²) >= 11 is 0. The Hall–Kier alpha value is -2.96. The maximum absolute atomic E-state index is 11.9. The van der Waals surface area contributed by atoms with Crippen LogP contribution in [0.5, 0.6) is 0 Å². The molecule has 0 spiro atoms. The van der Waals surface area contributed by atoms with Gasteiger partial charge < -0.3 is 5.32 Å². The second kappa shape index (κ2) is 5.44. The van der Waals surface area contributed by atoms with E-state index in [9.17, 15) is 9.59 Å². The van der Waals surface area contributed by atoms with Crippen molar-refractivity contribution < 1.29 is 9.59 Å². The normalized spacial score (nSPS) is 17.8. The highest BCUT2D eigenvalue weighted by Gasteiger charge is 2.29. The van der Waals surface area contributed by atoms with E-state index in [0.29, 0.717) is 5.69 Å². The molecule has 3 amide bonds. The molecule has 0 saturated carbocycles. The van der Waals surface area contributed by atoms with Crippen molar-refractivity contribution in [2.24, 2.45) is 0 Å². The third-order valence-corrected chi connectivity index (χ3v) is 3.67. The van der Waals surface area contributed by atoms with Crippen LogP contribution < -0.4 is 10.6 Å². The number of nitrogens with zero attached hydrogens (tertiary/aromatic N) is 2. The van der Waals surface area contributed by atoms with E-state index in [-0.39, 0.29) is 12.5 Å². The molecular formula is C15H15N5O2. The Morgan fingerprint density at radius 1 is 1.32 bits per heavy atom. The molecule has 22 heavy (non-hydrogen) atoms. The predicted molar refractivity (Wildman–Crippen MR) is 80.9 cm³/mol. The van der Waals surface area contributed by atoms with Crippen LogP contribution in [0.25, 0.3) is 17.2 Å². The van der Waals surface area contributed by atoms with Crippen LogP contribution in [0.4, 0.5) is 4.79 Å². The first-order valence-electron chi connectivity index (χ1n) is 6.81. The lowest BCUT2D eigenvalue weighted by Crippen LogP contribution is -2.51. The smallest absolute Gasteiger partial charge is 0.321 e. The Morgan fingerprint density at radius 3 is 2.82 bits per heavy atom. The SMILES string of the molecule is C=Cc1[nH]ncc1-c1cnc(C2CNC(=O)NC2=O)cc1C. The first-order valence-corrected chi connectivity index (χ1v) is 6.81. The van der Waals surface area contributed by atoms with Crippen LogP contribution in [-0.2, 0) is 4.79 Å². The second-order valence-corrected chi connectivity index (χ2v) is 5.08. The number of hydrogen-bond acceptors (Lipinski definition) is 4. The van der Waals surface area contributed by atoms with Crippen LogP contribution in [0.3, 0.4) is 0 Å². The molecular weight excluding hydrogens is 282 g/mol. The summed E-state index contributed by atoms with van der Waals surface area (Å²) in [6.07, 6.45) is 5.13. The van der Waals surface area contributed by atoms with E-state index in [0.717, 1.165) is 22.4 Å². The fraction of sp³-hybridized carbons (Fsp3) is 0.200. The Morgan fingerprint density at radius 2 is 2.14 bits per heavy atom. The number of hydrogen-bond donors (Lipinski definition) is 3. The second-order valence-electron chi connectivity index (χ2n) is 5.08. The zero-order chi connectivity index (χ0) is 15.7. The number of aromatic amines is 1. The predicted octanol–water partition coefficient (Wildman–Crippen LogP) is 1.35. The minimum atomic E-state index is -0.478. The van der Waals surface area contributed by atoms with Crippen molar-refractivity contribution in [3.05, 3.63) is 42.0 Å². The summed E-state index contributed by atoms with van der Waals surface area (Å²) in [5.74, 6) is -0.813. The maximum atomic E-state index is 11.9. The van der Waals surface area contributed by atoms with Gasteiger partial charge in [0.1, 0.15) is 0 Å². The number of carbonyl (C=O) groups excluding carboxylic acids is 2. The van der Waals surface area contributed by atoms with Gasteiger partial charge >= 0.3 is 6.03 Å². The van der Waals surface area contributed by atoms with Crippen LogP contribution in [0.2, 0.25) is 0 Å². The summed E-state index contributed by atoms with van der Waals surface area (Å²) in [7, 11) is 0. The molecule has 1 atom stereocenters. The number of H-pyrrole nitrogens is 1. The van der Waals surface area contributed by atoms with Gasteiger partial charge in [-0.15, -0.1) is 0 Å². The highest BCUT2D eigenvalue weighted by atomic mass is 16.2. The lowest BCUT2D eigenvalue weighted by molar-refractivity contribution is -0.122. The molecule has 112 valence electrons. The van der Waals surface area contributed by atoms with Crippen LogP contribution >= 0.6 is 0 Å². The first-order chi connectivity index (χ1) is 10.6. The van der Waals surface area contributed by atoms with Gasteiger partial charge in [0.15, 0.2) is 0 Å². The topological polar surface area (TPSA) is 99.8 Å². The molecule has 0 aliphatic carbocycles. The highest BCUT2D eigenvalue weighted by Crippen LogP contribution is 2.27. The van der Waals surface area contributed by atoms with E-state index in [1.165, 1.54) is 0 Å². The molecule has 0 bridgehead atoms. The summed E-state index contributed by atoms with van der Waals surface area (Å²) < 4.78 is 0. The molecule has 2 aromatic heterocycles. The molecule has 7 nitrogen and oxygen atoms in total. The molecule has 2 aromatic rings. The highest BCUT2D eigenvalue weighted by molar-refractivity contribution is 6.00. The minimum absolute atomic E-state index is 0.250. The van der Waals surface area contributed by atoms with E-state index in [4.69, 9.17) is 0 Å². The molecule has 3 rings (SSSR count). The van der Waals surface area contributed by atoms with Crippen molar-refractivity contribution in [1.82, 2.24) is 25.8 Å². The molecule has 1 unspecified atom stereocenters. The number of imide groups is 1. The molecule has 1 fully saturated rings. The number of rotatable bonds is 3. The molecule has 3 heterocycles. The zero-order valence-electron chi connectivity index (χ0n) is 12.0. The Bertz CT molecular complexity index is 765. The summed E-state index contributed by atoms with van der Waals surface area (Å²) in [6.45, 7) is 5.94. The molecule has 1 saturated heterocycles. The van der Waals surface area contributed by atoms with Gasteiger partial charge in [-0.3, -0.25) is 20.2 Å². The molecule has 7 heteroatoms. The Kier molecular flexibility index (Phi) is 3.46. The van der Waals surface area contributed by atoms with Gasteiger partial charge in [0.05, 0.1) is 23.5 Å². The fourth-order valence-electron chi connectivity index (χ4n) is 2.49. The number of amides is 3. The van der Waals surface area contributed by atoms with E-state index in [2.05, 4.69) is 32.4 Å². The Labute approximate surface area is 126 Å². The monoisotopic (exact) mass is 297 g/mol. The average Bonchev–Trinajstić information content (AvgIpc) is 2.95. The van der Waals surface area contributed by atoms with Crippen LogP contribution in [-0.4, -0.2) is 33.7 Å². The van der Waals surface area contributed by atoms with Gasteiger partial charge in [0.25, 0.3) is 0 Å². The number of nitrogens with one attached hydrogen (secondary N) is 3. The lowest BCUT2D eigenvalue weighted by atomic mass is 9.97. The van der Waals surface area contributed by atoms with Crippen LogP contribution in [0.15, 0.2) is 25.0 Å². The number of urea groups is 1. The van der Waals surface area contributed by atoms with Crippen molar-refractivity contribution in [2.45, 2.75) is 12.8 Å². The quantitative estimate of drug-likeness (QED) is 0.796. The van der Waals surface area contributed by atoms with Gasteiger partial charge in [-0.25, -0.2) is 4.79 Å². The summed E-state index contributed by atoms with van der Waals surface area (Å²) in [4.78, 5) is 27.4. The fourth-order valence-corrected chi connectivity index (χ4v) is 2.49. The van der Waals surface area contributed by atoms with Crippen molar-refractivity contribution in [1.29, 1.82) is 0 Å². The number of carbonyl (C=O) groups is 2. The average molecular weight is 297 g/mol. The number of aromatic nitrogens is 3. The van der Waals surface area contributed by atoms with Gasteiger partial charge in [0, 0.05) is 23.9 Å². The van der Waals surface area contributed by atoms with E-state index >= 15 is 0 Å². The van der Waals surface area contributed by atoms with E-state index < -0.39 is 11.9 Å². The van der Waals surface area contributed by atoms with E-state index in [1.54, 1.807) is 18.5 Å². The molecule has 0 radical (unpaired) electrons. The first kappa shape index (κ1) is 14.0. The zero-order valence-corrected chi connectivity index (χ0v) is 12.0. The number of aryl methyl sites for hydroxylation is 1. The van der Waals surface area contributed by atoms with Gasteiger partial charge in [0.2, 0.25) is 5.91 Å². The van der Waals surface area contributed by atoms with Crippen molar-refractivity contribution in [2.75, 3.05) is 6.54 Å². The van der Waals surface area contributed by atoms with Crippen molar-refractivity contribution in [3.63, 3.8) is 0 Å². The minimum Gasteiger partial charge on any atom is -0.337 e. The number of pyridine rings is 1. The summed E-state index contributed by atoms with van der Waals surface area (Å²) in [5, 5.41) is 11.7. The molecule has 1 aliphatic heterocycles. The standard InChI is InChI=1S/C15H15N5O2/c1-3-12-10(7-18-20-12)9-5-16-13(4-8(9)2)11-6-17-15(22)19-14(11)21/h3-5,7,11H,1,6H2,2H3,(H,18,20)(H2,17,19,21,22). The van der Waals surface area contributed by atoms with Crippen molar-refractivity contribution >= 4 is 18.0 Å². The van der Waals surface area contributed by atoms with Crippen LogP contribution in [0, 0.1) is 6.92 Å². The summed E-state index contributed by atoms with van der Waals surface area (Å²) in [5.41, 5.74) is 4.25. The maximum Gasteiger partial charge on any atom is 0.321 e. The van der Waals surface area contributed by atoms with E-state index in [1.807, 2.05) is 13.0 Å². The van der Waals surface area contributed by atoms with Crippen molar-refractivity contribution in [3.8, 4) is 11.1 Å². The third kappa shape index (κ3) is 2.37. The van der Waals surface area contributed by atoms with Gasteiger partial charge in [-0.05, 0) is 24.6 Å². The Balaban J connectivity index is 1.94. The lowest BCUT2D eigenvalue weighted by Gasteiger charge is -2.22. The summed E-state index contributed by atoms with van der Waals surface area (Å²) in [6, 6.07) is 1.39. The molecule has 0 aromatic carbocycles. The van der Waals surface area contributed by atoms with Crippen LogP contribution in [0.1, 0.15) is 22.9 Å². The third-order valence-electron chi connectivity index (χ3n) is 3.67. The largest absolute Gasteiger partial charge is 0.337 e. The van der Waals surface area contributed by atoms with Gasteiger partial charge in [-0.2, -0.15) is 5.10 Å².